The molecule has 1 heterocycles. The number of hydrogen-bond donors (Lipinski definition) is 2. The van der Waals surface area contributed by atoms with E-state index in [1.54, 1.807) is 4.90 Å². The lowest BCUT2D eigenvalue weighted by Crippen LogP contribution is -2.47. The fraction of sp³-hybridized carbons (Fsp3) is 0.833. The molecule has 1 unspecified atom stereocenters. The highest BCUT2D eigenvalue weighted by Crippen LogP contribution is 2.18. The standard InChI is InChI=1S/C12H22N2O3/c1-9(2)12(17)14-6-3-4-10(8-14)11(16)13-5-7-15/h9-10,15H,3-8H2,1-2H3,(H,13,16). The van der Waals surface area contributed by atoms with Gasteiger partial charge in [0.25, 0.3) is 0 Å². The molecule has 0 saturated carbocycles. The van der Waals surface area contributed by atoms with Crippen LogP contribution in [0.5, 0.6) is 0 Å². The minimum absolute atomic E-state index is 0.0192. The Labute approximate surface area is 102 Å². The van der Waals surface area contributed by atoms with Gasteiger partial charge in [-0.05, 0) is 12.8 Å². The molecule has 2 N–H and O–H groups in total. The van der Waals surface area contributed by atoms with Gasteiger partial charge in [0.15, 0.2) is 0 Å². The van der Waals surface area contributed by atoms with Crippen molar-refractivity contribution in [1.82, 2.24) is 10.2 Å². The van der Waals surface area contributed by atoms with E-state index in [0.717, 1.165) is 19.4 Å². The quantitative estimate of drug-likeness (QED) is 0.728. The van der Waals surface area contributed by atoms with Gasteiger partial charge in [-0.25, -0.2) is 0 Å². The molecule has 0 aromatic rings. The lowest BCUT2D eigenvalue weighted by Gasteiger charge is -2.33. The SMILES string of the molecule is CC(C)C(=O)N1CCCC(C(=O)NCCO)C1. The van der Waals surface area contributed by atoms with Gasteiger partial charge in [0, 0.05) is 25.6 Å². The number of carbonyl (C=O) groups excluding carboxylic acids is 2. The zero-order chi connectivity index (χ0) is 12.8. The summed E-state index contributed by atoms with van der Waals surface area (Å²) < 4.78 is 0. The van der Waals surface area contributed by atoms with Crippen molar-refractivity contribution in [3.8, 4) is 0 Å². The number of hydrogen-bond acceptors (Lipinski definition) is 3. The molecule has 98 valence electrons. The average Bonchev–Trinajstić information content (AvgIpc) is 2.35. The summed E-state index contributed by atoms with van der Waals surface area (Å²) in [6.07, 6.45) is 1.69. The maximum absolute atomic E-state index is 11.8. The van der Waals surface area contributed by atoms with Crippen molar-refractivity contribution in [1.29, 1.82) is 0 Å². The van der Waals surface area contributed by atoms with Crippen LogP contribution < -0.4 is 5.32 Å². The molecule has 1 saturated heterocycles. The number of rotatable bonds is 4. The fourth-order valence-corrected chi connectivity index (χ4v) is 2.08. The molecule has 0 bridgehead atoms. The molecular weight excluding hydrogens is 220 g/mol. The molecule has 0 aliphatic carbocycles. The van der Waals surface area contributed by atoms with Crippen molar-refractivity contribution in [2.45, 2.75) is 26.7 Å². The van der Waals surface area contributed by atoms with Crippen molar-refractivity contribution in [3.05, 3.63) is 0 Å². The predicted octanol–water partition coefficient (Wildman–Crippen LogP) is -0.0105. The summed E-state index contributed by atoms with van der Waals surface area (Å²) in [5, 5.41) is 11.3. The summed E-state index contributed by atoms with van der Waals surface area (Å²) in [5.41, 5.74) is 0. The smallest absolute Gasteiger partial charge is 0.225 e. The second-order valence-corrected chi connectivity index (χ2v) is 4.79. The molecule has 1 aliphatic rings. The Morgan fingerprint density at radius 2 is 2.18 bits per heavy atom. The Morgan fingerprint density at radius 3 is 2.76 bits per heavy atom. The van der Waals surface area contributed by atoms with Crippen LogP contribution >= 0.6 is 0 Å². The molecule has 2 amide bonds. The Kier molecular flexibility index (Phi) is 5.41. The van der Waals surface area contributed by atoms with Crippen LogP contribution in [0, 0.1) is 11.8 Å². The van der Waals surface area contributed by atoms with Gasteiger partial charge in [-0.15, -0.1) is 0 Å². The topological polar surface area (TPSA) is 69.6 Å². The molecule has 1 aliphatic heterocycles. The summed E-state index contributed by atoms with van der Waals surface area (Å²) in [7, 11) is 0. The summed E-state index contributed by atoms with van der Waals surface area (Å²) in [4.78, 5) is 25.3. The largest absolute Gasteiger partial charge is 0.395 e. The summed E-state index contributed by atoms with van der Waals surface area (Å²) in [6.45, 7) is 5.24. The molecule has 0 spiro atoms. The van der Waals surface area contributed by atoms with Gasteiger partial charge in [-0.3, -0.25) is 9.59 Å². The number of aliphatic hydroxyl groups is 1. The lowest BCUT2D eigenvalue weighted by molar-refractivity contribution is -0.138. The van der Waals surface area contributed by atoms with E-state index in [2.05, 4.69) is 5.32 Å². The van der Waals surface area contributed by atoms with E-state index in [4.69, 9.17) is 5.11 Å². The van der Waals surface area contributed by atoms with Gasteiger partial charge >= 0.3 is 0 Å². The van der Waals surface area contributed by atoms with Gasteiger partial charge in [0.05, 0.1) is 12.5 Å². The average molecular weight is 242 g/mol. The molecule has 0 aromatic heterocycles. The van der Waals surface area contributed by atoms with Crippen molar-refractivity contribution in [2.75, 3.05) is 26.2 Å². The van der Waals surface area contributed by atoms with Gasteiger partial charge in [0.1, 0.15) is 0 Å². The fourth-order valence-electron chi connectivity index (χ4n) is 2.08. The van der Waals surface area contributed by atoms with Crippen molar-refractivity contribution >= 4 is 11.8 Å². The van der Waals surface area contributed by atoms with Crippen molar-refractivity contribution < 1.29 is 14.7 Å². The highest BCUT2D eigenvalue weighted by molar-refractivity contribution is 5.82. The summed E-state index contributed by atoms with van der Waals surface area (Å²) in [6, 6.07) is 0. The van der Waals surface area contributed by atoms with Crippen LogP contribution in [0.1, 0.15) is 26.7 Å². The first kappa shape index (κ1) is 14.0. The minimum atomic E-state index is -0.127. The van der Waals surface area contributed by atoms with Crippen LogP contribution in [0.3, 0.4) is 0 Å². The Hall–Kier alpha value is -1.10. The minimum Gasteiger partial charge on any atom is -0.395 e. The number of aliphatic hydroxyl groups excluding tert-OH is 1. The number of amides is 2. The van der Waals surface area contributed by atoms with Crippen LogP contribution in [0.2, 0.25) is 0 Å². The number of piperidine rings is 1. The first-order valence-electron chi connectivity index (χ1n) is 6.23. The third kappa shape index (κ3) is 4.00. The van der Waals surface area contributed by atoms with Crippen LogP contribution in [-0.4, -0.2) is 48.1 Å². The molecule has 0 radical (unpaired) electrons. The summed E-state index contributed by atoms with van der Waals surface area (Å²) in [5.74, 6) is -0.0859. The predicted molar refractivity (Wildman–Crippen MR) is 64.2 cm³/mol. The van der Waals surface area contributed by atoms with Crippen molar-refractivity contribution in [3.63, 3.8) is 0 Å². The molecule has 1 rings (SSSR count). The number of likely N-dealkylation sites (tertiary alicyclic amines) is 1. The molecule has 5 nitrogen and oxygen atoms in total. The summed E-state index contributed by atoms with van der Waals surface area (Å²) >= 11 is 0. The van der Waals surface area contributed by atoms with E-state index in [9.17, 15) is 9.59 Å². The van der Waals surface area contributed by atoms with Crippen LogP contribution in [-0.2, 0) is 9.59 Å². The van der Waals surface area contributed by atoms with Gasteiger partial charge < -0.3 is 15.3 Å². The highest BCUT2D eigenvalue weighted by Gasteiger charge is 2.28. The van der Waals surface area contributed by atoms with E-state index in [-0.39, 0.29) is 36.8 Å². The Morgan fingerprint density at radius 1 is 1.47 bits per heavy atom. The van der Waals surface area contributed by atoms with Gasteiger partial charge in [-0.2, -0.15) is 0 Å². The first-order valence-corrected chi connectivity index (χ1v) is 6.23. The van der Waals surface area contributed by atoms with E-state index in [1.807, 2.05) is 13.8 Å². The Balaban J connectivity index is 2.48. The third-order valence-electron chi connectivity index (χ3n) is 3.01. The van der Waals surface area contributed by atoms with E-state index in [0.29, 0.717) is 6.54 Å². The number of nitrogens with one attached hydrogen (secondary N) is 1. The normalized spacial score (nSPS) is 20.5. The zero-order valence-electron chi connectivity index (χ0n) is 10.6. The first-order chi connectivity index (χ1) is 8.06. The van der Waals surface area contributed by atoms with Crippen LogP contribution in [0.4, 0.5) is 0 Å². The number of nitrogens with zero attached hydrogens (tertiary/aromatic N) is 1. The molecular formula is C12H22N2O3. The Bertz CT molecular complexity index is 279. The third-order valence-corrected chi connectivity index (χ3v) is 3.01. The second-order valence-electron chi connectivity index (χ2n) is 4.79. The highest BCUT2D eigenvalue weighted by atomic mass is 16.3. The van der Waals surface area contributed by atoms with Crippen LogP contribution in [0.15, 0.2) is 0 Å². The molecule has 5 heteroatoms. The van der Waals surface area contributed by atoms with Gasteiger partial charge in [0.2, 0.25) is 11.8 Å². The molecule has 0 aromatic carbocycles. The van der Waals surface area contributed by atoms with E-state index < -0.39 is 0 Å². The second kappa shape index (κ2) is 6.59. The van der Waals surface area contributed by atoms with Crippen molar-refractivity contribution in [2.24, 2.45) is 11.8 Å². The molecule has 17 heavy (non-hydrogen) atoms. The maximum Gasteiger partial charge on any atom is 0.225 e. The van der Waals surface area contributed by atoms with E-state index in [1.165, 1.54) is 0 Å². The molecule has 1 fully saturated rings. The molecule has 1 atom stereocenters. The monoisotopic (exact) mass is 242 g/mol. The van der Waals surface area contributed by atoms with Gasteiger partial charge in [-0.1, -0.05) is 13.8 Å². The van der Waals surface area contributed by atoms with E-state index >= 15 is 0 Å². The number of carbonyl (C=O) groups is 2. The lowest BCUT2D eigenvalue weighted by atomic mass is 9.96. The maximum atomic E-state index is 11.8. The van der Waals surface area contributed by atoms with Crippen LogP contribution in [0.25, 0.3) is 0 Å². The zero-order valence-corrected chi connectivity index (χ0v) is 10.6.